The van der Waals surface area contributed by atoms with E-state index in [1.54, 1.807) is 24.3 Å². The van der Waals surface area contributed by atoms with E-state index in [9.17, 15) is 4.79 Å². The summed E-state index contributed by atoms with van der Waals surface area (Å²) >= 11 is 0. The minimum absolute atomic E-state index is 0.163. The average Bonchev–Trinajstić information content (AvgIpc) is 2.99. The first-order chi connectivity index (χ1) is 9.74. The maximum atomic E-state index is 12.3. The molecule has 0 saturated carbocycles. The lowest BCUT2D eigenvalue weighted by molar-refractivity contribution is 0.0779. The van der Waals surface area contributed by atoms with Crippen LogP contribution in [-0.4, -0.2) is 38.0 Å². The third kappa shape index (κ3) is 2.35. The number of amides is 1. The lowest BCUT2D eigenvalue weighted by atomic mass is 10.2. The van der Waals surface area contributed by atoms with Crippen LogP contribution in [0.1, 0.15) is 16.1 Å². The van der Waals surface area contributed by atoms with Gasteiger partial charge in [-0.2, -0.15) is 5.10 Å². The molecule has 0 atom stereocenters. The van der Waals surface area contributed by atoms with Gasteiger partial charge in [-0.1, -0.05) is 12.1 Å². The van der Waals surface area contributed by atoms with Crippen LogP contribution < -0.4 is 0 Å². The third-order valence-electron chi connectivity index (χ3n) is 2.99. The summed E-state index contributed by atoms with van der Waals surface area (Å²) in [4.78, 5) is 22.5. The first kappa shape index (κ1) is 12.3. The molecule has 0 radical (unpaired) electrons. The Morgan fingerprint density at radius 1 is 1.25 bits per heavy atom. The van der Waals surface area contributed by atoms with Crippen molar-refractivity contribution in [2.75, 3.05) is 7.05 Å². The second-order valence-corrected chi connectivity index (χ2v) is 4.51. The van der Waals surface area contributed by atoms with E-state index in [1.807, 2.05) is 24.3 Å². The van der Waals surface area contributed by atoms with Gasteiger partial charge in [0.1, 0.15) is 5.69 Å². The average molecular weight is 267 g/mol. The highest BCUT2D eigenvalue weighted by Crippen LogP contribution is 2.10. The number of hydrogen-bond acceptors (Lipinski definition) is 4. The molecule has 0 aliphatic carbocycles. The maximum Gasteiger partial charge on any atom is 0.274 e. The van der Waals surface area contributed by atoms with Crippen molar-refractivity contribution in [2.24, 2.45) is 0 Å². The van der Waals surface area contributed by atoms with Crippen LogP contribution in [0.5, 0.6) is 0 Å². The third-order valence-corrected chi connectivity index (χ3v) is 2.99. The molecular formula is C14H13N5O. The fraction of sp³-hybridized carbons (Fsp3) is 0.143. The van der Waals surface area contributed by atoms with Gasteiger partial charge in [0.25, 0.3) is 5.91 Å². The lowest BCUT2D eigenvalue weighted by Gasteiger charge is -2.15. The first-order valence-electron chi connectivity index (χ1n) is 6.19. The summed E-state index contributed by atoms with van der Waals surface area (Å²) in [5, 5.41) is 6.58. The number of fused-ring (bicyclic) bond motifs is 1. The van der Waals surface area contributed by atoms with E-state index in [2.05, 4.69) is 20.2 Å². The van der Waals surface area contributed by atoms with Gasteiger partial charge in [-0.3, -0.25) is 14.9 Å². The van der Waals surface area contributed by atoms with Crippen molar-refractivity contribution in [1.29, 1.82) is 0 Å². The molecule has 1 N–H and O–H groups in total. The number of carbonyl (C=O) groups excluding carboxylic acids is 1. The van der Waals surface area contributed by atoms with E-state index in [0.717, 1.165) is 16.6 Å². The van der Waals surface area contributed by atoms with E-state index < -0.39 is 0 Å². The van der Waals surface area contributed by atoms with Gasteiger partial charge in [0, 0.05) is 25.4 Å². The van der Waals surface area contributed by atoms with Gasteiger partial charge in [-0.25, -0.2) is 4.98 Å². The molecule has 0 unspecified atom stereocenters. The van der Waals surface area contributed by atoms with Crippen LogP contribution in [-0.2, 0) is 6.54 Å². The van der Waals surface area contributed by atoms with Gasteiger partial charge in [-0.05, 0) is 12.1 Å². The van der Waals surface area contributed by atoms with E-state index in [0.29, 0.717) is 12.2 Å². The predicted octanol–water partition coefficient (Wildman–Crippen LogP) is 1.63. The molecule has 6 nitrogen and oxygen atoms in total. The Kier molecular flexibility index (Phi) is 3.12. The fourth-order valence-corrected chi connectivity index (χ4v) is 1.97. The Balaban J connectivity index is 1.84. The summed E-state index contributed by atoms with van der Waals surface area (Å²) in [5.41, 5.74) is 2.78. The highest BCUT2D eigenvalue weighted by Gasteiger charge is 2.14. The fourth-order valence-electron chi connectivity index (χ4n) is 1.97. The van der Waals surface area contributed by atoms with Crippen molar-refractivity contribution in [1.82, 2.24) is 25.1 Å². The molecule has 1 aromatic carbocycles. The minimum atomic E-state index is -0.163. The molecule has 0 aliphatic rings. The Morgan fingerprint density at radius 2 is 2.05 bits per heavy atom. The number of hydrogen-bond donors (Lipinski definition) is 1. The van der Waals surface area contributed by atoms with Crippen LogP contribution in [0.15, 0.2) is 42.9 Å². The van der Waals surface area contributed by atoms with Crippen LogP contribution in [0.2, 0.25) is 0 Å². The first-order valence-corrected chi connectivity index (χ1v) is 6.19. The normalized spacial score (nSPS) is 10.7. The zero-order valence-electron chi connectivity index (χ0n) is 10.9. The Labute approximate surface area is 115 Å². The van der Waals surface area contributed by atoms with E-state index in [1.165, 1.54) is 6.20 Å². The largest absolute Gasteiger partial charge is 0.336 e. The van der Waals surface area contributed by atoms with Crippen molar-refractivity contribution < 1.29 is 4.79 Å². The van der Waals surface area contributed by atoms with Gasteiger partial charge in [0.15, 0.2) is 0 Å². The summed E-state index contributed by atoms with van der Waals surface area (Å²) in [6.45, 7) is 0.476. The molecule has 100 valence electrons. The van der Waals surface area contributed by atoms with Crippen molar-refractivity contribution >= 4 is 16.9 Å². The number of nitrogens with one attached hydrogen (secondary N) is 1. The zero-order valence-corrected chi connectivity index (χ0v) is 10.9. The number of aromatic amines is 1. The molecule has 20 heavy (non-hydrogen) atoms. The van der Waals surface area contributed by atoms with Crippen LogP contribution in [0.4, 0.5) is 0 Å². The summed E-state index contributed by atoms with van der Waals surface area (Å²) in [6.07, 6.45) is 4.96. The molecule has 0 aliphatic heterocycles. The van der Waals surface area contributed by atoms with Crippen molar-refractivity contribution in [3.63, 3.8) is 0 Å². The van der Waals surface area contributed by atoms with Gasteiger partial charge in [0.05, 0.1) is 23.4 Å². The molecule has 3 rings (SSSR count). The molecule has 1 amide bonds. The summed E-state index contributed by atoms with van der Waals surface area (Å²) < 4.78 is 0. The van der Waals surface area contributed by atoms with Crippen LogP contribution in [0.3, 0.4) is 0 Å². The smallest absolute Gasteiger partial charge is 0.274 e. The van der Waals surface area contributed by atoms with E-state index >= 15 is 0 Å². The summed E-state index contributed by atoms with van der Waals surface area (Å²) in [5.74, 6) is -0.163. The van der Waals surface area contributed by atoms with Gasteiger partial charge in [0.2, 0.25) is 0 Å². The lowest BCUT2D eigenvalue weighted by Crippen LogP contribution is -2.27. The van der Waals surface area contributed by atoms with Crippen LogP contribution >= 0.6 is 0 Å². The molecule has 3 aromatic rings. The topological polar surface area (TPSA) is 74.8 Å². The van der Waals surface area contributed by atoms with Crippen LogP contribution in [0, 0.1) is 0 Å². The van der Waals surface area contributed by atoms with Crippen LogP contribution in [0.25, 0.3) is 11.0 Å². The Morgan fingerprint density at radius 3 is 2.80 bits per heavy atom. The summed E-state index contributed by atoms with van der Waals surface area (Å²) in [6, 6.07) is 7.48. The molecule has 0 bridgehead atoms. The molecule has 2 heterocycles. The Bertz CT molecular complexity index is 738. The molecule has 2 aromatic heterocycles. The number of para-hydroxylation sites is 2. The SMILES string of the molecule is CN(Cc1cn[nH]c1)C(=O)c1cnc2ccccc2n1. The van der Waals surface area contributed by atoms with E-state index in [-0.39, 0.29) is 5.91 Å². The minimum Gasteiger partial charge on any atom is -0.336 e. The Hall–Kier alpha value is -2.76. The number of rotatable bonds is 3. The second-order valence-electron chi connectivity index (χ2n) is 4.51. The molecule has 6 heteroatoms. The van der Waals surface area contributed by atoms with Gasteiger partial charge < -0.3 is 4.90 Å². The monoisotopic (exact) mass is 267 g/mol. The molecule has 0 spiro atoms. The van der Waals surface area contributed by atoms with Crippen molar-refractivity contribution in [2.45, 2.75) is 6.54 Å². The number of aromatic nitrogens is 4. The zero-order chi connectivity index (χ0) is 13.9. The number of H-pyrrole nitrogens is 1. The van der Waals surface area contributed by atoms with Gasteiger partial charge >= 0.3 is 0 Å². The quantitative estimate of drug-likeness (QED) is 0.782. The number of carbonyl (C=O) groups is 1. The van der Waals surface area contributed by atoms with Crippen molar-refractivity contribution in [3.05, 3.63) is 54.1 Å². The number of nitrogens with zero attached hydrogens (tertiary/aromatic N) is 4. The van der Waals surface area contributed by atoms with Crippen molar-refractivity contribution in [3.8, 4) is 0 Å². The highest BCUT2D eigenvalue weighted by molar-refractivity contribution is 5.93. The van der Waals surface area contributed by atoms with Gasteiger partial charge in [-0.15, -0.1) is 0 Å². The highest BCUT2D eigenvalue weighted by atomic mass is 16.2. The second kappa shape index (κ2) is 5.08. The number of benzene rings is 1. The summed E-state index contributed by atoms with van der Waals surface area (Å²) in [7, 11) is 1.73. The maximum absolute atomic E-state index is 12.3. The molecule has 0 fully saturated rings. The standard InChI is InChI=1S/C14H13N5O/c1-19(9-10-6-16-17-7-10)14(20)13-8-15-11-4-2-3-5-12(11)18-13/h2-8H,9H2,1H3,(H,16,17). The molecule has 0 saturated heterocycles. The molecular weight excluding hydrogens is 254 g/mol. The predicted molar refractivity (Wildman–Crippen MR) is 73.9 cm³/mol. The van der Waals surface area contributed by atoms with E-state index in [4.69, 9.17) is 0 Å².